The Labute approximate surface area is 115 Å². The predicted octanol–water partition coefficient (Wildman–Crippen LogP) is 3.39. The fourth-order valence-corrected chi connectivity index (χ4v) is 3.09. The Morgan fingerprint density at radius 3 is 2.84 bits per heavy atom. The molecule has 1 heterocycles. The highest BCUT2D eigenvalue weighted by Crippen LogP contribution is 2.31. The zero-order valence-electron chi connectivity index (χ0n) is 11.5. The second-order valence-corrected chi connectivity index (χ2v) is 6.00. The lowest BCUT2D eigenvalue weighted by atomic mass is 9.98. The van der Waals surface area contributed by atoms with Crippen molar-refractivity contribution in [3.63, 3.8) is 0 Å². The Hall–Kier alpha value is -1.09. The van der Waals surface area contributed by atoms with Gasteiger partial charge in [0.2, 0.25) is 0 Å². The highest BCUT2D eigenvalue weighted by Gasteiger charge is 2.33. The van der Waals surface area contributed by atoms with Crippen molar-refractivity contribution in [2.24, 2.45) is 5.92 Å². The van der Waals surface area contributed by atoms with Crippen molar-refractivity contribution in [2.75, 3.05) is 6.54 Å². The molecule has 2 saturated carbocycles. The van der Waals surface area contributed by atoms with Gasteiger partial charge in [-0.3, -0.25) is 9.69 Å². The highest BCUT2D eigenvalue weighted by molar-refractivity contribution is 5.81. The van der Waals surface area contributed by atoms with Crippen LogP contribution in [0.2, 0.25) is 0 Å². The van der Waals surface area contributed by atoms with Gasteiger partial charge < -0.3 is 4.42 Å². The largest absolute Gasteiger partial charge is 0.468 e. The van der Waals surface area contributed by atoms with Gasteiger partial charge in [0, 0.05) is 24.9 Å². The Morgan fingerprint density at radius 2 is 2.11 bits per heavy atom. The first-order chi connectivity index (χ1) is 9.33. The van der Waals surface area contributed by atoms with Gasteiger partial charge in [0.05, 0.1) is 12.8 Å². The molecule has 0 aliphatic heterocycles. The van der Waals surface area contributed by atoms with Gasteiger partial charge in [-0.2, -0.15) is 0 Å². The molecule has 2 aliphatic rings. The molecule has 0 aromatic carbocycles. The third-order valence-electron chi connectivity index (χ3n) is 4.39. The maximum atomic E-state index is 12.1. The number of furan rings is 1. The van der Waals surface area contributed by atoms with Crippen LogP contribution in [0.15, 0.2) is 22.8 Å². The number of carbonyl (C=O) groups is 1. The summed E-state index contributed by atoms with van der Waals surface area (Å²) in [5.74, 6) is 1.77. The summed E-state index contributed by atoms with van der Waals surface area (Å²) in [5, 5.41) is 0. The Morgan fingerprint density at radius 1 is 1.21 bits per heavy atom. The lowest BCUT2D eigenvalue weighted by molar-refractivity contribution is -0.123. The smallest absolute Gasteiger partial charge is 0.137 e. The van der Waals surface area contributed by atoms with Gasteiger partial charge in [0.1, 0.15) is 11.5 Å². The van der Waals surface area contributed by atoms with Crippen molar-refractivity contribution in [1.29, 1.82) is 0 Å². The minimum atomic E-state index is 0.262. The normalized spacial score (nSPS) is 24.7. The summed E-state index contributed by atoms with van der Waals surface area (Å²) in [4.78, 5) is 14.6. The second kappa shape index (κ2) is 5.91. The summed E-state index contributed by atoms with van der Waals surface area (Å²) >= 11 is 0. The van der Waals surface area contributed by atoms with Crippen molar-refractivity contribution < 1.29 is 9.21 Å². The first-order valence-electron chi connectivity index (χ1n) is 7.62. The number of carbonyl (C=O) groups excluding carboxylic acids is 1. The maximum absolute atomic E-state index is 12.1. The number of nitrogens with zero attached hydrogens (tertiary/aromatic N) is 1. The molecule has 1 unspecified atom stereocenters. The van der Waals surface area contributed by atoms with Crippen LogP contribution in [0.3, 0.4) is 0 Å². The first kappa shape index (κ1) is 12.9. The number of Topliss-reactive ketones (excluding diaryl/α,β-unsaturated/α-hetero) is 1. The topological polar surface area (TPSA) is 33.5 Å². The predicted molar refractivity (Wildman–Crippen MR) is 73.7 cm³/mol. The number of rotatable bonds is 5. The molecule has 19 heavy (non-hydrogen) atoms. The summed E-state index contributed by atoms with van der Waals surface area (Å²) in [6.45, 7) is 1.80. The van der Waals surface area contributed by atoms with Crippen molar-refractivity contribution in [3.05, 3.63) is 24.2 Å². The van der Waals surface area contributed by atoms with E-state index in [0.29, 0.717) is 11.8 Å². The summed E-state index contributed by atoms with van der Waals surface area (Å²) in [6.07, 6.45) is 9.71. The van der Waals surface area contributed by atoms with E-state index < -0.39 is 0 Å². The van der Waals surface area contributed by atoms with E-state index in [4.69, 9.17) is 4.42 Å². The van der Waals surface area contributed by atoms with Crippen molar-refractivity contribution in [3.8, 4) is 0 Å². The zero-order valence-corrected chi connectivity index (χ0v) is 11.5. The molecule has 1 atom stereocenters. The lowest BCUT2D eigenvalue weighted by Gasteiger charge is -2.25. The molecule has 3 heteroatoms. The molecule has 2 fully saturated rings. The monoisotopic (exact) mass is 261 g/mol. The number of hydrogen-bond donors (Lipinski definition) is 0. The Balaban J connectivity index is 1.62. The minimum absolute atomic E-state index is 0.262. The molecule has 0 bridgehead atoms. The number of ketones is 1. The van der Waals surface area contributed by atoms with Crippen molar-refractivity contribution in [2.45, 2.75) is 57.5 Å². The van der Waals surface area contributed by atoms with Gasteiger partial charge in [-0.1, -0.05) is 12.8 Å². The van der Waals surface area contributed by atoms with E-state index in [1.165, 1.54) is 25.7 Å². The van der Waals surface area contributed by atoms with E-state index in [0.717, 1.165) is 38.1 Å². The molecule has 1 aromatic heterocycles. The summed E-state index contributed by atoms with van der Waals surface area (Å²) < 4.78 is 5.46. The van der Waals surface area contributed by atoms with E-state index in [9.17, 15) is 4.79 Å². The molecule has 104 valence electrons. The molecule has 0 saturated heterocycles. The molecule has 1 aromatic rings. The van der Waals surface area contributed by atoms with Crippen LogP contribution in [-0.4, -0.2) is 23.3 Å². The van der Waals surface area contributed by atoms with Gasteiger partial charge in [-0.15, -0.1) is 0 Å². The molecule has 0 amide bonds. The van der Waals surface area contributed by atoms with Crippen LogP contribution in [0.5, 0.6) is 0 Å². The van der Waals surface area contributed by atoms with E-state index >= 15 is 0 Å². The SMILES string of the molecule is O=C1CCCCCC1CN(Cc1ccco1)C1CC1. The molecular formula is C16H23NO2. The number of hydrogen-bond acceptors (Lipinski definition) is 3. The lowest BCUT2D eigenvalue weighted by Crippen LogP contribution is -2.34. The molecule has 3 rings (SSSR count). The highest BCUT2D eigenvalue weighted by atomic mass is 16.3. The summed E-state index contributed by atoms with van der Waals surface area (Å²) in [7, 11) is 0. The van der Waals surface area contributed by atoms with E-state index in [2.05, 4.69) is 4.90 Å². The first-order valence-corrected chi connectivity index (χ1v) is 7.62. The maximum Gasteiger partial charge on any atom is 0.137 e. The second-order valence-electron chi connectivity index (χ2n) is 6.00. The fourth-order valence-electron chi connectivity index (χ4n) is 3.09. The molecule has 2 aliphatic carbocycles. The van der Waals surface area contributed by atoms with Crippen molar-refractivity contribution >= 4 is 5.78 Å². The van der Waals surface area contributed by atoms with Gasteiger partial charge in [-0.25, -0.2) is 0 Å². The van der Waals surface area contributed by atoms with Crippen LogP contribution in [0.25, 0.3) is 0 Å². The van der Waals surface area contributed by atoms with Crippen LogP contribution >= 0.6 is 0 Å². The molecule has 0 spiro atoms. The summed E-state index contributed by atoms with van der Waals surface area (Å²) in [5.41, 5.74) is 0. The van der Waals surface area contributed by atoms with Crippen LogP contribution in [0.1, 0.15) is 50.7 Å². The standard InChI is InChI=1S/C16H23NO2/c18-16-7-3-1-2-5-13(16)11-17(14-8-9-14)12-15-6-4-10-19-15/h4,6,10,13-14H,1-3,5,7-9,11-12H2. The van der Waals surface area contributed by atoms with Crippen LogP contribution in [0, 0.1) is 5.92 Å². The molecule has 0 radical (unpaired) electrons. The van der Waals surface area contributed by atoms with E-state index in [-0.39, 0.29) is 5.92 Å². The molecular weight excluding hydrogens is 238 g/mol. The Bertz CT molecular complexity index is 408. The molecule has 3 nitrogen and oxygen atoms in total. The fraction of sp³-hybridized carbons (Fsp3) is 0.688. The minimum Gasteiger partial charge on any atom is -0.468 e. The van der Waals surface area contributed by atoms with E-state index in [1.54, 1.807) is 6.26 Å². The van der Waals surface area contributed by atoms with Gasteiger partial charge in [0.15, 0.2) is 0 Å². The van der Waals surface area contributed by atoms with Gasteiger partial charge in [0.25, 0.3) is 0 Å². The van der Waals surface area contributed by atoms with Gasteiger partial charge >= 0.3 is 0 Å². The summed E-state index contributed by atoms with van der Waals surface area (Å²) in [6, 6.07) is 4.66. The van der Waals surface area contributed by atoms with Gasteiger partial charge in [-0.05, 0) is 37.8 Å². The van der Waals surface area contributed by atoms with Crippen molar-refractivity contribution in [1.82, 2.24) is 4.90 Å². The third-order valence-corrected chi connectivity index (χ3v) is 4.39. The van der Waals surface area contributed by atoms with Crippen LogP contribution in [-0.2, 0) is 11.3 Å². The van der Waals surface area contributed by atoms with Crippen LogP contribution in [0.4, 0.5) is 0 Å². The molecule has 0 N–H and O–H groups in total. The van der Waals surface area contributed by atoms with E-state index in [1.807, 2.05) is 12.1 Å². The zero-order chi connectivity index (χ0) is 13.1. The average Bonchev–Trinajstić information content (AvgIpc) is 3.16. The average molecular weight is 261 g/mol. The van der Waals surface area contributed by atoms with Crippen LogP contribution < -0.4 is 0 Å². The quantitative estimate of drug-likeness (QED) is 0.762. The third kappa shape index (κ3) is 3.47. The Kier molecular flexibility index (Phi) is 4.02.